The van der Waals surface area contributed by atoms with Crippen molar-refractivity contribution in [2.24, 2.45) is 0 Å². The molecule has 1 amide bonds. The first kappa shape index (κ1) is 12.3. The number of nitrogens with one attached hydrogen (secondary N) is 2. The largest absolute Gasteiger partial charge is 0.355 e. The molecule has 1 aromatic rings. The highest BCUT2D eigenvalue weighted by Crippen LogP contribution is 2.04. The fourth-order valence-corrected chi connectivity index (χ4v) is 1.25. The molecule has 0 aliphatic heterocycles. The van der Waals surface area contributed by atoms with Crippen LogP contribution in [0.5, 0.6) is 0 Å². The molecule has 0 aliphatic rings. The zero-order valence-electron chi connectivity index (χ0n) is 9.58. The van der Waals surface area contributed by atoms with Crippen LogP contribution in [0.25, 0.3) is 0 Å². The van der Waals surface area contributed by atoms with Crippen LogP contribution in [0.3, 0.4) is 0 Å². The van der Waals surface area contributed by atoms with Gasteiger partial charge in [-0.25, -0.2) is 0 Å². The fourth-order valence-electron chi connectivity index (χ4n) is 1.25. The molecule has 0 saturated heterocycles. The predicted octanol–water partition coefficient (Wildman–Crippen LogP) is 1.16. The maximum atomic E-state index is 11.3. The molecule has 0 radical (unpaired) electrons. The third-order valence-corrected chi connectivity index (χ3v) is 2.31. The first-order valence-electron chi connectivity index (χ1n) is 5.18. The summed E-state index contributed by atoms with van der Waals surface area (Å²) in [5, 5.41) is 5.75. The lowest BCUT2D eigenvalue weighted by atomic mass is 10.1. The minimum Gasteiger partial charge on any atom is -0.355 e. The van der Waals surface area contributed by atoms with Gasteiger partial charge in [0, 0.05) is 19.2 Å². The van der Waals surface area contributed by atoms with E-state index in [1.54, 1.807) is 19.2 Å². The zero-order chi connectivity index (χ0) is 12.0. The van der Waals surface area contributed by atoms with Gasteiger partial charge in [0.1, 0.15) is 0 Å². The average molecular weight is 216 g/mol. The summed E-state index contributed by atoms with van der Waals surface area (Å²) in [7, 11) is 1.62. The van der Waals surface area contributed by atoms with Crippen LogP contribution in [0.2, 0.25) is 0 Å². The van der Waals surface area contributed by atoms with Crippen LogP contribution < -0.4 is 10.6 Å². The molecule has 0 spiro atoms. The number of terminal acetylenes is 1. The summed E-state index contributed by atoms with van der Waals surface area (Å²) in [6.45, 7) is 2.64. The van der Waals surface area contributed by atoms with E-state index in [4.69, 9.17) is 6.42 Å². The van der Waals surface area contributed by atoms with Gasteiger partial charge in [-0.2, -0.15) is 0 Å². The van der Waals surface area contributed by atoms with E-state index in [0.29, 0.717) is 12.1 Å². The summed E-state index contributed by atoms with van der Waals surface area (Å²) in [4.78, 5) is 11.3. The lowest BCUT2D eigenvalue weighted by molar-refractivity contribution is 0.0963. The van der Waals surface area contributed by atoms with Gasteiger partial charge >= 0.3 is 0 Å². The second kappa shape index (κ2) is 5.94. The van der Waals surface area contributed by atoms with E-state index in [2.05, 4.69) is 16.6 Å². The van der Waals surface area contributed by atoms with Crippen molar-refractivity contribution in [1.82, 2.24) is 10.6 Å². The molecule has 16 heavy (non-hydrogen) atoms. The quantitative estimate of drug-likeness (QED) is 0.741. The summed E-state index contributed by atoms with van der Waals surface area (Å²) in [5.41, 5.74) is 1.77. The predicted molar refractivity (Wildman–Crippen MR) is 65.0 cm³/mol. The molecular formula is C13H16N2O. The van der Waals surface area contributed by atoms with Crippen molar-refractivity contribution in [3.05, 3.63) is 35.4 Å². The van der Waals surface area contributed by atoms with E-state index >= 15 is 0 Å². The van der Waals surface area contributed by atoms with Crippen molar-refractivity contribution in [3.63, 3.8) is 0 Å². The summed E-state index contributed by atoms with van der Waals surface area (Å²) < 4.78 is 0. The van der Waals surface area contributed by atoms with E-state index in [1.807, 2.05) is 19.1 Å². The van der Waals surface area contributed by atoms with Gasteiger partial charge in [0.05, 0.1) is 6.04 Å². The number of rotatable bonds is 4. The monoisotopic (exact) mass is 216 g/mol. The van der Waals surface area contributed by atoms with Crippen LogP contribution in [0.15, 0.2) is 24.3 Å². The first-order chi connectivity index (χ1) is 7.67. The van der Waals surface area contributed by atoms with Crippen LogP contribution in [0.4, 0.5) is 0 Å². The molecule has 1 unspecified atom stereocenters. The van der Waals surface area contributed by atoms with Crippen molar-refractivity contribution >= 4 is 5.91 Å². The van der Waals surface area contributed by atoms with Crippen LogP contribution in [0, 0.1) is 12.3 Å². The molecule has 0 aliphatic carbocycles. The smallest absolute Gasteiger partial charge is 0.251 e. The molecule has 0 bridgehead atoms. The second-order valence-corrected chi connectivity index (χ2v) is 3.55. The van der Waals surface area contributed by atoms with Gasteiger partial charge in [-0.05, 0) is 24.6 Å². The van der Waals surface area contributed by atoms with Gasteiger partial charge in [0.25, 0.3) is 5.91 Å². The van der Waals surface area contributed by atoms with E-state index in [0.717, 1.165) is 5.56 Å². The van der Waals surface area contributed by atoms with Crippen molar-refractivity contribution in [3.8, 4) is 12.3 Å². The van der Waals surface area contributed by atoms with Gasteiger partial charge in [-0.3, -0.25) is 10.1 Å². The number of benzene rings is 1. The highest BCUT2D eigenvalue weighted by molar-refractivity contribution is 5.93. The van der Waals surface area contributed by atoms with E-state index in [-0.39, 0.29) is 11.9 Å². The van der Waals surface area contributed by atoms with Gasteiger partial charge in [0.2, 0.25) is 0 Å². The molecule has 0 fully saturated rings. The Morgan fingerprint density at radius 3 is 2.56 bits per heavy atom. The lowest BCUT2D eigenvalue weighted by Gasteiger charge is -2.07. The molecule has 1 atom stereocenters. The molecule has 0 aromatic heterocycles. The van der Waals surface area contributed by atoms with Crippen molar-refractivity contribution in [2.45, 2.75) is 19.5 Å². The van der Waals surface area contributed by atoms with Crippen molar-refractivity contribution in [1.29, 1.82) is 0 Å². The molecule has 0 heterocycles. The van der Waals surface area contributed by atoms with Crippen molar-refractivity contribution < 1.29 is 4.79 Å². The fraction of sp³-hybridized carbons (Fsp3) is 0.308. The second-order valence-electron chi connectivity index (χ2n) is 3.55. The average Bonchev–Trinajstić information content (AvgIpc) is 2.35. The minimum absolute atomic E-state index is 0.0543. The number of carbonyl (C=O) groups is 1. The van der Waals surface area contributed by atoms with E-state index in [9.17, 15) is 4.79 Å². The van der Waals surface area contributed by atoms with Gasteiger partial charge in [0.15, 0.2) is 0 Å². The summed E-state index contributed by atoms with van der Waals surface area (Å²) in [5.74, 6) is 2.53. The Hall–Kier alpha value is -1.79. The van der Waals surface area contributed by atoms with E-state index in [1.165, 1.54) is 0 Å². The Morgan fingerprint density at radius 1 is 1.44 bits per heavy atom. The molecule has 0 saturated carbocycles. The minimum atomic E-state index is -0.0727. The normalized spacial score (nSPS) is 11.6. The molecule has 84 valence electrons. The molecule has 1 aromatic carbocycles. The number of hydrogen-bond donors (Lipinski definition) is 2. The Kier molecular flexibility index (Phi) is 4.56. The van der Waals surface area contributed by atoms with Crippen LogP contribution >= 0.6 is 0 Å². The highest BCUT2D eigenvalue weighted by Gasteiger charge is 2.02. The Labute approximate surface area is 96.2 Å². The number of hydrogen-bond acceptors (Lipinski definition) is 2. The first-order valence-corrected chi connectivity index (χ1v) is 5.18. The van der Waals surface area contributed by atoms with Crippen LogP contribution in [0.1, 0.15) is 22.8 Å². The maximum absolute atomic E-state index is 11.3. The molecule has 2 N–H and O–H groups in total. The third-order valence-electron chi connectivity index (χ3n) is 2.31. The van der Waals surface area contributed by atoms with Gasteiger partial charge < -0.3 is 5.32 Å². The topological polar surface area (TPSA) is 41.1 Å². The Morgan fingerprint density at radius 2 is 2.06 bits per heavy atom. The SMILES string of the molecule is C#CC(C)NCc1ccc(C(=O)NC)cc1. The Balaban J connectivity index is 2.59. The Bertz CT molecular complexity index is 389. The molecule has 3 nitrogen and oxygen atoms in total. The lowest BCUT2D eigenvalue weighted by Crippen LogP contribution is -2.23. The molecular weight excluding hydrogens is 200 g/mol. The van der Waals surface area contributed by atoms with Crippen molar-refractivity contribution in [2.75, 3.05) is 7.05 Å². The van der Waals surface area contributed by atoms with Crippen LogP contribution in [-0.4, -0.2) is 19.0 Å². The number of carbonyl (C=O) groups excluding carboxylic acids is 1. The molecule has 3 heteroatoms. The third kappa shape index (κ3) is 3.41. The number of amides is 1. The van der Waals surface area contributed by atoms with Gasteiger partial charge in [-0.15, -0.1) is 6.42 Å². The molecule has 1 rings (SSSR count). The summed E-state index contributed by atoms with van der Waals surface area (Å²) in [6, 6.07) is 7.49. The van der Waals surface area contributed by atoms with Crippen LogP contribution in [-0.2, 0) is 6.54 Å². The zero-order valence-corrected chi connectivity index (χ0v) is 9.58. The highest BCUT2D eigenvalue weighted by atomic mass is 16.1. The standard InChI is InChI=1S/C13H16N2O/c1-4-10(2)15-9-11-5-7-12(8-6-11)13(16)14-3/h1,5-8,10,15H,9H2,2-3H3,(H,14,16). The summed E-state index contributed by atoms with van der Waals surface area (Å²) >= 11 is 0. The van der Waals surface area contributed by atoms with E-state index < -0.39 is 0 Å². The van der Waals surface area contributed by atoms with Gasteiger partial charge in [-0.1, -0.05) is 18.1 Å². The summed E-state index contributed by atoms with van der Waals surface area (Å²) in [6.07, 6.45) is 5.25. The maximum Gasteiger partial charge on any atom is 0.251 e.